The molecule has 38 heavy (non-hydrogen) atoms. The molecule has 1 saturated carbocycles. The Hall–Kier alpha value is -1.92. The monoisotopic (exact) mass is 655 g/mol. The Morgan fingerprint density at radius 3 is 2.08 bits per heavy atom. The first-order valence-electron chi connectivity index (χ1n) is 10.9. The molecule has 1 unspecified atom stereocenters. The second kappa shape index (κ2) is 11.3. The molecular formula is C24H17BrCl2F9NO. The van der Waals surface area contributed by atoms with E-state index in [4.69, 9.17) is 23.2 Å². The third-order valence-corrected chi connectivity index (χ3v) is 7.84. The van der Waals surface area contributed by atoms with E-state index in [2.05, 4.69) is 21.2 Å². The van der Waals surface area contributed by atoms with Gasteiger partial charge in [0.25, 0.3) is 5.91 Å². The molecule has 1 fully saturated rings. The Labute approximate surface area is 229 Å². The second-order valence-corrected chi connectivity index (χ2v) is 10.3. The molecule has 2 nitrogen and oxygen atoms in total. The van der Waals surface area contributed by atoms with Crippen molar-refractivity contribution in [3.05, 3.63) is 73.2 Å². The number of allylic oxidation sites excluding steroid dienone is 1. The summed E-state index contributed by atoms with van der Waals surface area (Å²) in [6, 6.07) is 2.53. The van der Waals surface area contributed by atoms with E-state index in [1.807, 2.05) is 0 Å². The van der Waals surface area contributed by atoms with E-state index in [1.165, 1.54) is 0 Å². The quantitative estimate of drug-likeness (QED) is 0.252. The molecule has 0 heterocycles. The summed E-state index contributed by atoms with van der Waals surface area (Å²) in [6.45, 7) is 0. The second-order valence-electron chi connectivity index (χ2n) is 8.69. The lowest BCUT2D eigenvalue weighted by Crippen LogP contribution is -2.40. The van der Waals surface area contributed by atoms with Gasteiger partial charge in [-0.25, -0.2) is 13.2 Å². The van der Waals surface area contributed by atoms with Crippen molar-refractivity contribution in [2.24, 2.45) is 0 Å². The molecule has 0 bridgehead atoms. The molecule has 1 atom stereocenters. The fourth-order valence-electron chi connectivity index (χ4n) is 3.95. The highest BCUT2D eigenvalue weighted by Gasteiger charge is 2.41. The maximum absolute atomic E-state index is 15.0. The van der Waals surface area contributed by atoms with Gasteiger partial charge in [-0.1, -0.05) is 29.3 Å². The summed E-state index contributed by atoms with van der Waals surface area (Å²) < 4.78 is 124. The predicted molar refractivity (Wildman–Crippen MR) is 128 cm³/mol. The third-order valence-electron chi connectivity index (χ3n) is 5.93. The van der Waals surface area contributed by atoms with Gasteiger partial charge in [0.15, 0.2) is 0 Å². The average molecular weight is 657 g/mol. The number of rotatable bonds is 5. The average Bonchev–Trinajstić information content (AvgIpc) is 2.80. The highest BCUT2D eigenvalue weighted by Crippen LogP contribution is 2.43. The lowest BCUT2D eigenvalue weighted by molar-refractivity contribution is -0.140. The molecule has 1 N–H and O–H groups in total. The zero-order chi connectivity index (χ0) is 28.6. The first kappa shape index (κ1) is 30.6. The van der Waals surface area contributed by atoms with E-state index in [0.717, 1.165) is 18.2 Å². The molecule has 1 aliphatic carbocycles. The van der Waals surface area contributed by atoms with Crippen molar-refractivity contribution in [3.8, 4) is 0 Å². The van der Waals surface area contributed by atoms with Gasteiger partial charge < -0.3 is 5.32 Å². The first-order chi connectivity index (χ1) is 17.4. The molecule has 0 radical (unpaired) electrons. The first-order valence-corrected chi connectivity index (χ1v) is 12.4. The Morgan fingerprint density at radius 1 is 1.03 bits per heavy atom. The van der Waals surface area contributed by atoms with Crippen molar-refractivity contribution >= 4 is 50.9 Å². The van der Waals surface area contributed by atoms with Crippen LogP contribution in [-0.2, 0) is 6.18 Å². The molecule has 2 aromatic carbocycles. The zero-order valence-electron chi connectivity index (χ0n) is 18.9. The van der Waals surface area contributed by atoms with E-state index in [0.29, 0.717) is 6.07 Å². The summed E-state index contributed by atoms with van der Waals surface area (Å²) in [5, 5.41) is 1.86. The molecular weight excluding hydrogens is 640 g/mol. The Balaban J connectivity index is 1.96. The van der Waals surface area contributed by atoms with Crippen LogP contribution in [0.4, 0.5) is 39.5 Å². The van der Waals surface area contributed by atoms with Gasteiger partial charge >= 0.3 is 12.4 Å². The zero-order valence-corrected chi connectivity index (χ0v) is 22.0. The van der Waals surface area contributed by atoms with Crippen LogP contribution in [0.15, 0.2) is 40.9 Å². The van der Waals surface area contributed by atoms with Crippen LogP contribution in [0.1, 0.15) is 58.6 Å². The van der Waals surface area contributed by atoms with Gasteiger partial charge in [0.1, 0.15) is 11.7 Å². The van der Waals surface area contributed by atoms with Crippen molar-refractivity contribution in [2.45, 2.75) is 55.9 Å². The largest absolute Gasteiger partial charge is 0.417 e. The number of hydrogen-bond acceptors (Lipinski definition) is 1. The van der Waals surface area contributed by atoms with Gasteiger partial charge in [0.05, 0.1) is 25.6 Å². The highest BCUT2D eigenvalue weighted by atomic mass is 79.9. The summed E-state index contributed by atoms with van der Waals surface area (Å²) in [5.74, 6) is -8.41. The van der Waals surface area contributed by atoms with Gasteiger partial charge in [-0.05, 0) is 64.7 Å². The molecule has 1 aliphatic rings. The minimum Gasteiger partial charge on any atom is -0.349 e. The lowest BCUT2D eigenvalue weighted by atomic mass is 9.91. The van der Waals surface area contributed by atoms with Crippen LogP contribution in [0.5, 0.6) is 0 Å². The Kier molecular flexibility index (Phi) is 9.10. The van der Waals surface area contributed by atoms with E-state index in [1.54, 1.807) is 0 Å². The van der Waals surface area contributed by atoms with Gasteiger partial charge in [-0.2, -0.15) is 26.3 Å². The number of halogens is 12. The fraction of sp³-hybridized carbons (Fsp3) is 0.375. The maximum atomic E-state index is 15.0. The van der Waals surface area contributed by atoms with Crippen molar-refractivity contribution in [3.63, 3.8) is 0 Å². The highest BCUT2D eigenvalue weighted by molar-refractivity contribution is 9.10. The molecule has 14 heteroatoms. The van der Waals surface area contributed by atoms with Crippen LogP contribution in [-0.4, -0.2) is 24.0 Å². The topological polar surface area (TPSA) is 29.1 Å². The number of amides is 1. The van der Waals surface area contributed by atoms with E-state index in [-0.39, 0.29) is 39.5 Å². The Morgan fingerprint density at radius 2 is 1.58 bits per heavy atom. The third kappa shape index (κ3) is 7.38. The molecule has 3 rings (SSSR count). The van der Waals surface area contributed by atoms with Crippen molar-refractivity contribution in [2.75, 3.05) is 0 Å². The molecule has 0 aromatic heterocycles. The van der Waals surface area contributed by atoms with E-state index < -0.39 is 77.1 Å². The maximum Gasteiger partial charge on any atom is 0.417 e. The molecule has 1 amide bonds. The molecule has 0 spiro atoms. The van der Waals surface area contributed by atoms with Crippen LogP contribution in [0.3, 0.4) is 0 Å². The standard InChI is InChI=1S/C24H17BrCl2F9NO/c25-20-17(26)8-12(9-18(20)27)15(23(31,32)33)10-19(28)11-1-2-14(16(7-11)24(34,35)36)21(38)37-13-3-5-22(29,30)6-4-13/h1-2,7-10,13,15H,3-6H2,(H,37,38). The predicted octanol–water partition coefficient (Wildman–Crippen LogP) is 9.74. The van der Waals surface area contributed by atoms with Crippen molar-refractivity contribution < 1.29 is 44.3 Å². The van der Waals surface area contributed by atoms with Crippen LogP contribution in [0, 0.1) is 0 Å². The van der Waals surface area contributed by atoms with Crippen LogP contribution < -0.4 is 5.32 Å². The lowest BCUT2D eigenvalue weighted by Gasteiger charge is -2.29. The van der Waals surface area contributed by atoms with E-state index in [9.17, 15) is 44.3 Å². The fourth-order valence-corrected chi connectivity index (χ4v) is 4.68. The minimum absolute atomic E-state index is 0.0767. The van der Waals surface area contributed by atoms with Crippen molar-refractivity contribution in [1.29, 1.82) is 0 Å². The summed E-state index contributed by atoms with van der Waals surface area (Å²) in [5.41, 5.74) is -3.95. The van der Waals surface area contributed by atoms with Crippen LogP contribution in [0.2, 0.25) is 10.0 Å². The van der Waals surface area contributed by atoms with Crippen LogP contribution >= 0.6 is 39.1 Å². The minimum atomic E-state index is -5.18. The van der Waals surface area contributed by atoms with Gasteiger partial charge in [0, 0.05) is 24.4 Å². The van der Waals surface area contributed by atoms with Gasteiger partial charge in [-0.3, -0.25) is 4.79 Å². The van der Waals surface area contributed by atoms with Gasteiger partial charge in [-0.15, -0.1) is 0 Å². The molecule has 0 aliphatic heterocycles. The number of hydrogen-bond donors (Lipinski definition) is 1. The molecule has 0 saturated heterocycles. The Bertz CT molecular complexity index is 1210. The number of benzene rings is 2. The summed E-state index contributed by atoms with van der Waals surface area (Å²) in [7, 11) is 0. The SMILES string of the molecule is O=C(NC1CCC(F)(F)CC1)c1ccc(C(F)=CC(c2cc(Cl)c(Br)c(Cl)c2)C(F)(F)F)cc1C(F)(F)F. The smallest absolute Gasteiger partial charge is 0.349 e. The molecule has 2 aromatic rings. The summed E-state index contributed by atoms with van der Waals surface area (Å²) in [6.07, 6.45) is -11.6. The summed E-state index contributed by atoms with van der Waals surface area (Å²) in [4.78, 5) is 12.5. The van der Waals surface area contributed by atoms with Crippen LogP contribution in [0.25, 0.3) is 5.83 Å². The number of carbonyl (C=O) groups is 1. The summed E-state index contributed by atoms with van der Waals surface area (Å²) >= 11 is 14.7. The number of nitrogens with one attached hydrogen (secondary N) is 1. The van der Waals surface area contributed by atoms with Crippen molar-refractivity contribution in [1.82, 2.24) is 5.32 Å². The normalized spacial score (nSPS) is 17.8. The number of carbonyl (C=O) groups excluding carboxylic acids is 1. The molecule has 208 valence electrons. The van der Waals surface area contributed by atoms with Gasteiger partial charge in [0.2, 0.25) is 5.92 Å². The van der Waals surface area contributed by atoms with E-state index >= 15 is 0 Å². The number of alkyl halides is 8.